The summed E-state index contributed by atoms with van der Waals surface area (Å²) in [4.78, 5) is 14.9. The number of aliphatic hydroxyl groups is 1. The molecule has 11 heteroatoms. The summed E-state index contributed by atoms with van der Waals surface area (Å²) in [5.41, 5.74) is 0.966. The second-order valence-corrected chi connectivity index (χ2v) is 10.2. The Hall–Kier alpha value is -1.93. The van der Waals surface area contributed by atoms with Crippen LogP contribution < -0.4 is 5.63 Å². The van der Waals surface area contributed by atoms with E-state index in [1.165, 1.54) is 6.07 Å². The molecule has 1 heterocycles. The van der Waals surface area contributed by atoms with Gasteiger partial charge in [0, 0.05) is 23.5 Å². The summed E-state index contributed by atoms with van der Waals surface area (Å²) < 4.78 is 43.7. The summed E-state index contributed by atoms with van der Waals surface area (Å²) in [6.07, 6.45) is -0.441. The molecule has 2 rings (SSSR count). The van der Waals surface area contributed by atoms with E-state index in [9.17, 15) is 4.79 Å². The Bertz CT molecular complexity index is 1020. The predicted octanol–water partition coefficient (Wildman–Crippen LogP) is 4.00. The molecular formula is C26H39N2O8P. The molecular weight excluding hydrogens is 499 g/mol. The Balaban J connectivity index is 2.04. The fraction of sp³-hybridized carbons (Fsp3) is 0.615. The van der Waals surface area contributed by atoms with Gasteiger partial charge in [-0.3, -0.25) is 0 Å². The molecule has 10 nitrogen and oxygen atoms in total. The molecule has 1 N–H and O–H groups in total. The van der Waals surface area contributed by atoms with Crippen molar-refractivity contribution in [2.75, 3.05) is 52.8 Å². The Morgan fingerprint density at radius 2 is 1.78 bits per heavy atom. The molecule has 0 spiro atoms. The zero-order valence-electron chi connectivity index (χ0n) is 23.1. The van der Waals surface area contributed by atoms with Crippen LogP contribution in [0.15, 0.2) is 39.5 Å². The van der Waals surface area contributed by atoms with Crippen LogP contribution in [-0.4, -0.2) is 82.2 Å². The van der Waals surface area contributed by atoms with Crippen LogP contribution in [0.1, 0.15) is 33.3 Å². The van der Waals surface area contributed by atoms with Gasteiger partial charge in [-0.25, -0.2) is 16.0 Å². The van der Waals surface area contributed by atoms with E-state index in [0.717, 1.165) is 10.9 Å². The Labute approximate surface area is 221 Å². The van der Waals surface area contributed by atoms with E-state index in [1.54, 1.807) is 12.1 Å². The highest BCUT2D eigenvalue weighted by molar-refractivity contribution is 7.44. The first-order chi connectivity index (χ1) is 18.3. The summed E-state index contributed by atoms with van der Waals surface area (Å²) in [6, 6.07) is 9.04. The molecule has 0 aliphatic rings. The van der Waals surface area contributed by atoms with Gasteiger partial charge in [-0.1, -0.05) is 12.1 Å². The molecule has 1 aromatic heterocycles. The number of fused-ring (bicyclic) bond motifs is 1. The van der Waals surface area contributed by atoms with Crippen LogP contribution in [0.5, 0.6) is 0 Å². The molecule has 1 aromatic carbocycles. The lowest BCUT2D eigenvalue weighted by Gasteiger charge is -2.37. The third-order valence-electron chi connectivity index (χ3n) is 5.05. The van der Waals surface area contributed by atoms with Gasteiger partial charge in [0.25, 0.3) is 8.53 Å². The smallest absolute Gasteiger partial charge is 0.336 e. The fourth-order valence-corrected chi connectivity index (χ4v) is 5.19. The van der Waals surface area contributed by atoms with Gasteiger partial charge in [-0.05, 0) is 45.4 Å². The molecule has 37 heavy (non-hydrogen) atoms. The molecule has 0 saturated heterocycles. The van der Waals surface area contributed by atoms with E-state index in [-0.39, 0.29) is 45.1 Å². The standard InChI is InChI=1S/C26H39N2O8P/c1-20(2)28(21(3)4)37(34-12-10-27-5)36-24(18-32-15-14-31-13-11-29)19-33-17-22-6-7-23-8-9-26(30)35-25(23)16-22/h6-9,16,20-21,24,29H,10-15,17-19H2,1-4H3/i29D. The normalized spacial score (nSPS) is 13.8. The van der Waals surface area contributed by atoms with E-state index in [4.69, 9.17) is 35.7 Å². The highest BCUT2D eigenvalue weighted by atomic mass is 31.2. The highest BCUT2D eigenvalue weighted by Gasteiger charge is 2.30. The average Bonchev–Trinajstić information content (AvgIpc) is 2.87. The fourth-order valence-electron chi connectivity index (χ4n) is 3.52. The molecule has 2 atom stereocenters. The van der Waals surface area contributed by atoms with E-state index < -0.39 is 20.3 Å². The third-order valence-corrected chi connectivity index (χ3v) is 7.24. The van der Waals surface area contributed by atoms with Crippen molar-refractivity contribution < 1.29 is 32.8 Å². The van der Waals surface area contributed by atoms with Crippen molar-refractivity contribution >= 4 is 19.5 Å². The Kier molecular flexibility index (Phi) is 14.1. The van der Waals surface area contributed by atoms with Crippen LogP contribution in [0.3, 0.4) is 0 Å². The first-order valence-electron chi connectivity index (χ1n) is 12.8. The molecule has 0 radical (unpaired) electrons. The number of nitrogens with zero attached hydrogens (tertiary/aromatic N) is 2. The van der Waals surface area contributed by atoms with Gasteiger partial charge in [0.1, 0.15) is 18.3 Å². The van der Waals surface area contributed by atoms with Gasteiger partial charge in [0.2, 0.25) is 7.98 Å². The van der Waals surface area contributed by atoms with Crippen molar-refractivity contribution in [2.24, 2.45) is 0 Å². The Morgan fingerprint density at radius 1 is 1.05 bits per heavy atom. The topological polar surface area (TPSA) is 104 Å². The highest BCUT2D eigenvalue weighted by Crippen LogP contribution is 2.47. The molecule has 0 aliphatic heterocycles. The van der Waals surface area contributed by atoms with Crippen molar-refractivity contribution in [3.63, 3.8) is 0 Å². The van der Waals surface area contributed by atoms with Crippen LogP contribution in [0.2, 0.25) is 0 Å². The third kappa shape index (κ3) is 11.6. The quantitative estimate of drug-likeness (QED) is 0.116. The van der Waals surface area contributed by atoms with Crippen LogP contribution in [-0.2, 0) is 29.9 Å². The first-order valence-corrected chi connectivity index (χ1v) is 13.5. The summed E-state index contributed by atoms with van der Waals surface area (Å²) in [7, 11) is -1.47. The number of hydrogen-bond acceptors (Lipinski definition) is 9. The van der Waals surface area contributed by atoms with Gasteiger partial charge >= 0.3 is 5.63 Å². The van der Waals surface area contributed by atoms with E-state index >= 15 is 0 Å². The second-order valence-electron chi connectivity index (χ2n) is 8.78. The molecule has 2 unspecified atom stereocenters. The number of rotatable bonds is 20. The maximum absolute atomic E-state index is 11.6. The minimum Gasteiger partial charge on any atom is -0.423 e. The van der Waals surface area contributed by atoms with Gasteiger partial charge in [-0.15, -0.1) is 0 Å². The molecule has 0 amide bonds. The molecule has 0 fully saturated rings. The van der Waals surface area contributed by atoms with E-state index in [0.29, 0.717) is 32.0 Å². The van der Waals surface area contributed by atoms with E-state index in [2.05, 4.69) is 42.3 Å². The summed E-state index contributed by atoms with van der Waals surface area (Å²) in [5, 5.41) is 5.07. The lowest BCUT2D eigenvalue weighted by molar-refractivity contribution is -0.0324. The van der Waals surface area contributed by atoms with E-state index in [1.807, 2.05) is 12.1 Å². The zero-order chi connectivity index (χ0) is 27.8. The Morgan fingerprint density at radius 3 is 2.51 bits per heavy atom. The average molecular weight is 540 g/mol. The lowest BCUT2D eigenvalue weighted by atomic mass is 10.1. The van der Waals surface area contributed by atoms with Crippen molar-refractivity contribution in [3.8, 4) is 0 Å². The SMILES string of the molecule is [2H]OCCOCCOCC(COCc1ccc2ccc(=O)oc2c1)OP(OCC[N+]#[C-])N(C(C)C)C(C)C. The lowest BCUT2D eigenvalue weighted by Crippen LogP contribution is -2.36. The minimum absolute atomic E-state index is 0.163. The van der Waals surface area contributed by atoms with Crippen LogP contribution in [0, 0.1) is 6.57 Å². The first kappa shape index (κ1) is 29.6. The van der Waals surface area contributed by atoms with Gasteiger partial charge < -0.3 is 37.6 Å². The van der Waals surface area contributed by atoms with Crippen LogP contribution in [0.4, 0.5) is 0 Å². The minimum atomic E-state index is -1.47. The summed E-state index contributed by atoms with van der Waals surface area (Å²) in [6.45, 7) is 17.9. The van der Waals surface area contributed by atoms with Crippen molar-refractivity contribution in [2.45, 2.75) is 52.5 Å². The number of ether oxygens (including phenoxy) is 3. The van der Waals surface area contributed by atoms with Gasteiger partial charge in [-0.2, -0.15) is 0 Å². The monoisotopic (exact) mass is 539 g/mol. The molecule has 0 bridgehead atoms. The molecule has 0 saturated carbocycles. The van der Waals surface area contributed by atoms with Gasteiger partial charge in [0.05, 0.1) is 46.2 Å². The van der Waals surface area contributed by atoms with Crippen molar-refractivity contribution in [1.82, 2.24) is 4.67 Å². The number of benzene rings is 1. The maximum Gasteiger partial charge on any atom is 0.336 e. The van der Waals surface area contributed by atoms with Crippen LogP contribution in [0.25, 0.3) is 15.8 Å². The second kappa shape index (κ2) is 17.6. The summed E-state index contributed by atoms with van der Waals surface area (Å²) >= 11 is 0. The summed E-state index contributed by atoms with van der Waals surface area (Å²) in [5.74, 6) is 0. The molecule has 2 aromatic rings. The number of hydrogen-bond donors (Lipinski definition) is 1. The predicted molar refractivity (Wildman–Crippen MR) is 142 cm³/mol. The number of aliphatic hydroxyl groups excluding tert-OH is 1. The zero-order valence-corrected chi connectivity index (χ0v) is 23.0. The maximum atomic E-state index is 11.6. The van der Waals surface area contributed by atoms with Crippen molar-refractivity contribution in [1.29, 1.82) is 1.43 Å². The molecule has 0 aliphatic carbocycles. The largest absolute Gasteiger partial charge is 0.423 e. The van der Waals surface area contributed by atoms with Crippen molar-refractivity contribution in [3.05, 3.63) is 57.7 Å². The van der Waals surface area contributed by atoms with Crippen LogP contribution >= 0.6 is 8.53 Å². The molecule has 206 valence electrons. The van der Waals surface area contributed by atoms with Gasteiger partial charge in [0.15, 0.2) is 0 Å².